The molecule has 0 amide bonds. The van der Waals surface area contributed by atoms with Crippen LogP contribution in [0.2, 0.25) is 5.15 Å². The van der Waals surface area contributed by atoms with E-state index in [1.165, 1.54) is 12.1 Å². The maximum absolute atomic E-state index is 10.3. The summed E-state index contributed by atoms with van der Waals surface area (Å²) in [6.07, 6.45) is 5.88. The van der Waals surface area contributed by atoms with Crippen LogP contribution < -0.4 is 11.2 Å². The van der Waals surface area contributed by atoms with Crippen molar-refractivity contribution >= 4 is 58.0 Å². The van der Waals surface area contributed by atoms with E-state index in [0.717, 1.165) is 21.8 Å². The fraction of sp³-hybridized carbons (Fsp3) is 0. The van der Waals surface area contributed by atoms with Crippen molar-refractivity contribution in [3.8, 4) is 0 Å². The molecule has 0 saturated heterocycles. The van der Waals surface area contributed by atoms with Crippen molar-refractivity contribution < 1.29 is 14.8 Å². The van der Waals surface area contributed by atoms with Crippen molar-refractivity contribution in [3.63, 3.8) is 0 Å². The van der Waals surface area contributed by atoms with Crippen LogP contribution in [0.15, 0.2) is 91.4 Å². The summed E-state index contributed by atoms with van der Waals surface area (Å²) in [5.41, 5.74) is 8.32. The van der Waals surface area contributed by atoms with Crippen LogP contribution in [-0.4, -0.2) is 38.4 Å². The Morgan fingerprint density at radius 2 is 1.55 bits per heavy atom. The first kappa shape index (κ1) is 23.8. The van der Waals surface area contributed by atoms with Crippen molar-refractivity contribution in [2.45, 2.75) is 0 Å². The van der Waals surface area contributed by atoms with Gasteiger partial charge in [-0.2, -0.15) is 0 Å². The Bertz CT molecular complexity index is 1290. The van der Waals surface area contributed by atoms with Crippen LogP contribution in [0.4, 0.5) is 5.69 Å². The zero-order valence-corrected chi connectivity index (χ0v) is 18.2. The van der Waals surface area contributed by atoms with Gasteiger partial charge in [0.2, 0.25) is 0 Å². The first-order valence-corrected chi connectivity index (χ1v) is 10.2. The van der Waals surface area contributed by atoms with Gasteiger partial charge in [0.15, 0.2) is 5.15 Å². The second-order valence-corrected chi connectivity index (χ2v) is 7.08. The summed E-state index contributed by atoms with van der Waals surface area (Å²) in [5.74, 6) is 0. The van der Waals surface area contributed by atoms with E-state index in [0.29, 0.717) is 22.7 Å². The van der Waals surface area contributed by atoms with Crippen molar-refractivity contribution in [3.05, 3.63) is 102 Å². The topological polar surface area (TPSA) is 122 Å². The molecule has 0 spiro atoms. The molecule has 0 fully saturated rings. The molecule has 0 atom stereocenters. The molecule has 9 heteroatoms. The highest BCUT2D eigenvalue weighted by Crippen LogP contribution is 2.20. The van der Waals surface area contributed by atoms with Crippen LogP contribution in [0.5, 0.6) is 0 Å². The van der Waals surface area contributed by atoms with Gasteiger partial charge in [0, 0.05) is 34.9 Å². The van der Waals surface area contributed by atoms with Crippen molar-refractivity contribution in [1.82, 2.24) is 15.0 Å². The number of fused-ring (bicyclic) bond motifs is 3. The first-order chi connectivity index (χ1) is 16.0. The molecule has 0 aliphatic rings. The summed E-state index contributed by atoms with van der Waals surface area (Å²) in [7, 11) is -1.57. The SMILES string of the molecule is Nc1cccnc1Cl.O=Cc1ccccc1B(O)O.c1ccc2c(c1)cnc1cccnc12. The maximum Gasteiger partial charge on any atom is 0.489 e. The average Bonchev–Trinajstić information content (AvgIpc) is 2.86. The molecule has 5 aromatic rings. The lowest BCUT2D eigenvalue weighted by atomic mass is 9.77. The molecular formula is C24H20BClN4O3. The molecule has 33 heavy (non-hydrogen) atoms. The van der Waals surface area contributed by atoms with Crippen LogP contribution in [0.3, 0.4) is 0 Å². The van der Waals surface area contributed by atoms with Gasteiger partial charge in [-0.1, -0.05) is 60.1 Å². The third kappa shape index (κ3) is 6.33. The van der Waals surface area contributed by atoms with E-state index in [4.69, 9.17) is 27.4 Å². The average molecular weight is 459 g/mol. The molecular weight excluding hydrogens is 439 g/mol. The Morgan fingerprint density at radius 1 is 0.848 bits per heavy atom. The van der Waals surface area contributed by atoms with Gasteiger partial charge in [-0.3, -0.25) is 14.8 Å². The van der Waals surface area contributed by atoms with E-state index < -0.39 is 7.12 Å². The van der Waals surface area contributed by atoms with Gasteiger partial charge in [0.05, 0.1) is 16.7 Å². The largest absolute Gasteiger partial charge is 0.489 e. The normalized spacial score (nSPS) is 9.91. The molecule has 5 rings (SSSR count). The predicted molar refractivity (Wildman–Crippen MR) is 132 cm³/mol. The van der Waals surface area contributed by atoms with Crippen molar-refractivity contribution in [1.29, 1.82) is 0 Å². The number of nitrogens with zero attached hydrogens (tertiary/aromatic N) is 3. The quantitative estimate of drug-likeness (QED) is 0.161. The Morgan fingerprint density at radius 3 is 2.21 bits per heavy atom. The molecule has 2 aromatic carbocycles. The molecule has 0 bridgehead atoms. The monoisotopic (exact) mass is 458 g/mol. The van der Waals surface area contributed by atoms with Crippen molar-refractivity contribution in [2.75, 3.05) is 5.73 Å². The highest BCUT2D eigenvalue weighted by atomic mass is 35.5. The second-order valence-electron chi connectivity index (χ2n) is 6.72. The van der Waals surface area contributed by atoms with Gasteiger partial charge < -0.3 is 15.8 Å². The molecule has 0 saturated carbocycles. The summed E-state index contributed by atoms with van der Waals surface area (Å²) in [5, 5.41) is 20.1. The van der Waals surface area contributed by atoms with Crippen LogP contribution >= 0.6 is 11.6 Å². The van der Waals surface area contributed by atoms with Gasteiger partial charge in [-0.15, -0.1) is 0 Å². The molecule has 4 N–H and O–H groups in total. The van der Waals surface area contributed by atoms with Crippen LogP contribution in [0.1, 0.15) is 10.4 Å². The second kappa shape index (κ2) is 11.7. The fourth-order valence-electron chi connectivity index (χ4n) is 2.92. The number of carbonyl (C=O) groups excluding carboxylic acids is 1. The minimum atomic E-state index is -1.57. The lowest BCUT2D eigenvalue weighted by molar-refractivity contribution is 0.112. The molecule has 164 valence electrons. The van der Waals surface area contributed by atoms with Gasteiger partial charge in [0.1, 0.15) is 6.29 Å². The van der Waals surface area contributed by atoms with Gasteiger partial charge in [-0.25, -0.2) is 4.98 Å². The number of aromatic nitrogens is 3. The summed E-state index contributed by atoms with van der Waals surface area (Å²) < 4.78 is 0. The van der Waals surface area contributed by atoms with Crippen molar-refractivity contribution in [2.24, 2.45) is 0 Å². The van der Waals surface area contributed by atoms with Gasteiger partial charge in [0.25, 0.3) is 0 Å². The number of rotatable bonds is 2. The van der Waals surface area contributed by atoms with Gasteiger partial charge >= 0.3 is 7.12 Å². The number of carbonyl (C=O) groups is 1. The number of halogens is 1. The summed E-state index contributed by atoms with van der Waals surface area (Å²) >= 11 is 5.47. The van der Waals surface area contributed by atoms with E-state index in [9.17, 15) is 4.79 Å². The molecule has 0 radical (unpaired) electrons. The molecule has 0 aliphatic heterocycles. The Hall–Kier alpha value is -3.85. The zero-order valence-electron chi connectivity index (χ0n) is 17.4. The van der Waals surface area contributed by atoms with E-state index in [1.54, 1.807) is 36.7 Å². The molecule has 3 aromatic heterocycles. The number of hydrogen-bond acceptors (Lipinski definition) is 7. The van der Waals surface area contributed by atoms with E-state index >= 15 is 0 Å². The third-order valence-corrected chi connectivity index (χ3v) is 4.85. The van der Waals surface area contributed by atoms with E-state index in [1.807, 2.05) is 30.5 Å². The number of anilines is 1. The Labute approximate surface area is 195 Å². The first-order valence-electron chi connectivity index (χ1n) is 9.86. The molecule has 0 aliphatic carbocycles. The Balaban J connectivity index is 0.000000145. The highest BCUT2D eigenvalue weighted by molar-refractivity contribution is 6.60. The molecule has 0 unspecified atom stereocenters. The third-order valence-electron chi connectivity index (χ3n) is 4.53. The van der Waals surface area contributed by atoms with E-state index in [2.05, 4.69) is 27.1 Å². The highest BCUT2D eigenvalue weighted by Gasteiger charge is 2.13. The van der Waals surface area contributed by atoms with Crippen LogP contribution in [0.25, 0.3) is 21.8 Å². The number of pyridine rings is 3. The number of aldehydes is 1. The summed E-state index contributed by atoms with van der Waals surface area (Å²) in [4.78, 5) is 22.7. The number of nitrogens with two attached hydrogens (primary N) is 1. The maximum atomic E-state index is 10.3. The number of hydrogen-bond donors (Lipinski definition) is 3. The summed E-state index contributed by atoms with van der Waals surface area (Å²) in [6, 6.07) is 21.8. The fourth-order valence-corrected chi connectivity index (χ4v) is 3.04. The molecule has 7 nitrogen and oxygen atoms in total. The number of benzene rings is 2. The lowest BCUT2D eigenvalue weighted by Crippen LogP contribution is -2.32. The number of nitrogen functional groups attached to an aromatic ring is 1. The predicted octanol–water partition coefficient (Wildman–Crippen LogP) is 3.28. The summed E-state index contributed by atoms with van der Waals surface area (Å²) in [6.45, 7) is 0. The van der Waals surface area contributed by atoms with Crippen LogP contribution in [-0.2, 0) is 0 Å². The minimum Gasteiger partial charge on any atom is -0.423 e. The minimum absolute atomic E-state index is 0.238. The standard InChI is InChI=1S/C12H8N2.C7H7BO3.C5H5ClN2/c1-2-5-10-9(4-1)8-14-11-6-3-7-13-12(10)11;9-5-6-3-1-2-4-7(6)8(10)11;6-5-4(7)2-1-3-8-5/h1-8H;1-5,10-11H;1-3H,7H2. The Kier molecular flexibility index (Phi) is 8.43. The van der Waals surface area contributed by atoms with E-state index in [-0.39, 0.29) is 5.46 Å². The van der Waals surface area contributed by atoms with Crippen LogP contribution in [0, 0.1) is 0 Å². The van der Waals surface area contributed by atoms with Gasteiger partial charge in [-0.05, 0) is 29.7 Å². The smallest absolute Gasteiger partial charge is 0.423 e. The lowest BCUT2D eigenvalue weighted by Gasteiger charge is -2.00. The zero-order chi connectivity index (χ0) is 23.6. The molecule has 3 heterocycles.